The van der Waals surface area contributed by atoms with Crippen molar-refractivity contribution in [2.45, 2.75) is 26.5 Å². The van der Waals surface area contributed by atoms with Crippen LogP contribution in [0.1, 0.15) is 25.0 Å². The molecule has 2 heterocycles. The molecule has 0 saturated carbocycles. The smallest absolute Gasteiger partial charge is 0.333 e. The molecule has 32 heavy (non-hydrogen) atoms. The highest BCUT2D eigenvalue weighted by Gasteiger charge is 2.18. The number of imidazole rings is 1. The lowest BCUT2D eigenvalue weighted by atomic mass is 10.1. The zero-order chi connectivity index (χ0) is 22.7. The van der Waals surface area contributed by atoms with E-state index < -0.39 is 5.82 Å². The molecule has 0 aliphatic heterocycles. The monoisotopic (exact) mass is 429 g/mol. The number of nitrogens with zero attached hydrogens (tertiary/aromatic N) is 5. The van der Waals surface area contributed by atoms with Crippen molar-refractivity contribution in [3.8, 4) is 29.2 Å². The summed E-state index contributed by atoms with van der Waals surface area (Å²) in [7, 11) is 0. The molecule has 2 aromatic heterocycles. The molecule has 0 unspecified atom stereocenters. The van der Waals surface area contributed by atoms with Crippen molar-refractivity contribution in [1.82, 2.24) is 19.1 Å². The minimum Gasteiger partial charge on any atom is -0.461 e. The Morgan fingerprint density at radius 1 is 1.12 bits per heavy atom. The summed E-state index contributed by atoms with van der Waals surface area (Å²) in [6.07, 6.45) is 3.11. The molecule has 2 aromatic carbocycles. The molecular formula is C24H20FN5O2. The van der Waals surface area contributed by atoms with E-state index in [0.717, 1.165) is 0 Å². The van der Waals surface area contributed by atoms with Crippen LogP contribution >= 0.6 is 0 Å². The molecule has 7 nitrogen and oxygen atoms in total. The zero-order valence-corrected chi connectivity index (χ0v) is 17.6. The second kappa shape index (κ2) is 8.86. The first-order valence-electron chi connectivity index (χ1n) is 10.0. The van der Waals surface area contributed by atoms with Crippen molar-refractivity contribution in [2.75, 3.05) is 0 Å². The molecule has 4 aromatic rings. The molecule has 0 atom stereocenters. The fraction of sp³-hybridized carbons (Fsp3) is 0.167. The van der Waals surface area contributed by atoms with Crippen molar-refractivity contribution < 1.29 is 9.13 Å². The topological polar surface area (TPSA) is 85.7 Å². The Kier molecular flexibility index (Phi) is 5.81. The van der Waals surface area contributed by atoms with Gasteiger partial charge < -0.3 is 4.74 Å². The molecule has 0 fully saturated rings. The number of hydrogen-bond donors (Lipinski definition) is 0. The van der Waals surface area contributed by atoms with Gasteiger partial charge in [-0.25, -0.2) is 14.2 Å². The third kappa shape index (κ3) is 4.27. The second-order valence-electron chi connectivity index (χ2n) is 7.40. The SMILES string of the molecule is CC(C)Oc1nccc(-c2cn(Cc3ccccc3C#N)c(=O)n2-c2ccc(F)cc2)n1. The number of ether oxygens (including phenoxy) is 1. The van der Waals surface area contributed by atoms with Crippen molar-refractivity contribution in [3.05, 3.63) is 94.4 Å². The molecule has 0 radical (unpaired) electrons. The average molecular weight is 429 g/mol. The summed E-state index contributed by atoms with van der Waals surface area (Å²) in [4.78, 5) is 22.0. The zero-order valence-electron chi connectivity index (χ0n) is 17.6. The number of rotatable bonds is 6. The number of halogens is 1. The summed E-state index contributed by atoms with van der Waals surface area (Å²) in [5, 5.41) is 9.40. The van der Waals surface area contributed by atoms with Crippen LogP contribution in [0.3, 0.4) is 0 Å². The van der Waals surface area contributed by atoms with Gasteiger partial charge in [-0.2, -0.15) is 10.2 Å². The lowest BCUT2D eigenvalue weighted by Crippen LogP contribution is -2.24. The van der Waals surface area contributed by atoms with Gasteiger partial charge in [0.05, 0.1) is 41.4 Å². The molecular weight excluding hydrogens is 409 g/mol. The van der Waals surface area contributed by atoms with Gasteiger partial charge in [-0.05, 0) is 55.8 Å². The van der Waals surface area contributed by atoms with Crippen LogP contribution in [-0.2, 0) is 6.54 Å². The minimum atomic E-state index is -0.402. The quantitative estimate of drug-likeness (QED) is 0.463. The number of nitriles is 1. The highest BCUT2D eigenvalue weighted by atomic mass is 19.1. The third-order valence-corrected chi connectivity index (χ3v) is 4.76. The van der Waals surface area contributed by atoms with Gasteiger partial charge in [-0.1, -0.05) is 18.2 Å². The molecule has 0 bridgehead atoms. The van der Waals surface area contributed by atoms with Crippen molar-refractivity contribution in [1.29, 1.82) is 5.26 Å². The van der Waals surface area contributed by atoms with Crippen molar-refractivity contribution >= 4 is 0 Å². The Morgan fingerprint density at radius 3 is 2.59 bits per heavy atom. The van der Waals surface area contributed by atoms with Crippen LogP contribution in [0, 0.1) is 17.1 Å². The minimum absolute atomic E-state index is 0.114. The van der Waals surface area contributed by atoms with Crippen LogP contribution in [0.15, 0.2) is 71.8 Å². The molecule has 8 heteroatoms. The molecule has 0 aliphatic rings. The van der Waals surface area contributed by atoms with Crippen molar-refractivity contribution in [2.24, 2.45) is 0 Å². The van der Waals surface area contributed by atoms with Gasteiger partial charge in [0.25, 0.3) is 0 Å². The summed E-state index contributed by atoms with van der Waals surface area (Å²) in [5.74, 6) is -0.402. The van der Waals surface area contributed by atoms with Crippen LogP contribution in [0.25, 0.3) is 17.1 Å². The molecule has 160 valence electrons. The van der Waals surface area contributed by atoms with Crippen molar-refractivity contribution in [3.63, 3.8) is 0 Å². The summed E-state index contributed by atoms with van der Waals surface area (Å²) >= 11 is 0. The summed E-state index contributed by atoms with van der Waals surface area (Å²) in [6, 6.07) is 16.8. The van der Waals surface area contributed by atoms with Gasteiger partial charge in [0.15, 0.2) is 0 Å². The van der Waals surface area contributed by atoms with Gasteiger partial charge in [0.1, 0.15) is 5.82 Å². The average Bonchev–Trinajstić information content (AvgIpc) is 3.10. The lowest BCUT2D eigenvalue weighted by Gasteiger charge is -2.10. The first-order valence-corrected chi connectivity index (χ1v) is 10.0. The molecule has 0 amide bonds. The van der Waals surface area contributed by atoms with Gasteiger partial charge in [-0.3, -0.25) is 9.13 Å². The van der Waals surface area contributed by atoms with E-state index in [9.17, 15) is 14.4 Å². The van der Waals surface area contributed by atoms with Gasteiger partial charge >= 0.3 is 11.7 Å². The largest absolute Gasteiger partial charge is 0.461 e. The van der Waals surface area contributed by atoms with E-state index in [1.807, 2.05) is 19.9 Å². The van der Waals surface area contributed by atoms with E-state index in [2.05, 4.69) is 16.0 Å². The molecule has 0 spiro atoms. The fourth-order valence-corrected chi connectivity index (χ4v) is 3.33. The number of hydrogen-bond acceptors (Lipinski definition) is 5. The Morgan fingerprint density at radius 2 is 1.88 bits per heavy atom. The normalized spacial score (nSPS) is 10.8. The molecule has 0 N–H and O–H groups in total. The van der Waals surface area contributed by atoms with E-state index in [0.29, 0.717) is 28.2 Å². The van der Waals surface area contributed by atoms with Gasteiger partial charge in [0, 0.05) is 12.4 Å². The predicted molar refractivity (Wildman–Crippen MR) is 117 cm³/mol. The van der Waals surface area contributed by atoms with E-state index in [4.69, 9.17) is 4.74 Å². The summed E-state index contributed by atoms with van der Waals surface area (Å²) in [6.45, 7) is 3.94. The Hall–Kier alpha value is -4.25. The summed E-state index contributed by atoms with van der Waals surface area (Å²) < 4.78 is 22.1. The first-order chi connectivity index (χ1) is 15.5. The fourth-order valence-electron chi connectivity index (χ4n) is 3.33. The first kappa shape index (κ1) is 21.0. The van der Waals surface area contributed by atoms with Crippen LogP contribution in [-0.4, -0.2) is 25.2 Å². The number of aromatic nitrogens is 4. The van der Waals surface area contributed by atoms with Crippen LogP contribution < -0.4 is 10.4 Å². The summed E-state index contributed by atoms with van der Waals surface area (Å²) in [5.41, 5.74) is 2.32. The number of benzene rings is 2. The highest BCUT2D eigenvalue weighted by Crippen LogP contribution is 2.22. The van der Waals surface area contributed by atoms with Crippen LogP contribution in [0.5, 0.6) is 6.01 Å². The van der Waals surface area contributed by atoms with Crippen LogP contribution in [0.2, 0.25) is 0 Å². The maximum atomic E-state index is 13.5. The Bertz CT molecular complexity index is 1350. The van der Waals surface area contributed by atoms with E-state index in [1.54, 1.807) is 36.7 Å². The van der Waals surface area contributed by atoms with E-state index in [1.165, 1.54) is 33.4 Å². The van der Waals surface area contributed by atoms with E-state index in [-0.39, 0.29) is 24.3 Å². The van der Waals surface area contributed by atoms with E-state index >= 15 is 0 Å². The lowest BCUT2D eigenvalue weighted by molar-refractivity contribution is 0.222. The molecule has 0 saturated heterocycles. The molecule has 4 rings (SSSR count). The maximum Gasteiger partial charge on any atom is 0.333 e. The Balaban J connectivity index is 1.87. The van der Waals surface area contributed by atoms with Crippen LogP contribution in [0.4, 0.5) is 4.39 Å². The van der Waals surface area contributed by atoms with Gasteiger partial charge in [-0.15, -0.1) is 0 Å². The highest BCUT2D eigenvalue weighted by molar-refractivity contribution is 5.58. The Labute approximate surface area is 184 Å². The third-order valence-electron chi connectivity index (χ3n) is 4.76. The van der Waals surface area contributed by atoms with Gasteiger partial charge in [0.2, 0.25) is 0 Å². The standard InChI is InChI=1S/C24H20FN5O2/c1-16(2)32-23-27-12-11-21(28-23)22-15-29(14-18-6-4-3-5-17(18)13-26)24(31)30(22)20-9-7-19(25)8-10-20/h3-12,15-16H,14H2,1-2H3. The predicted octanol–water partition coefficient (Wildman–Crippen LogP) is 3.94. The molecule has 0 aliphatic carbocycles. The second-order valence-corrected chi connectivity index (χ2v) is 7.40. The maximum absolute atomic E-state index is 13.5.